The summed E-state index contributed by atoms with van der Waals surface area (Å²) in [6.45, 7) is 2.45. The zero-order valence-electron chi connectivity index (χ0n) is 15.7. The van der Waals surface area contributed by atoms with Gasteiger partial charge in [0.2, 0.25) is 5.75 Å². The van der Waals surface area contributed by atoms with Crippen LogP contribution in [0.3, 0.4) is 0 Å². The molecule has 1 N–H and O–H groups in total. The van der Waals surface area contributed by atoms with Crippen molar-refractivity contribution in [3.8, 4) is 11.5 Å². The van der Waals surface area contributed by atoms with Crippen molar-refractivity contribution < 1.29 is 22.8 Å². The summed E-state index contributed by atoms with van der Waals surface area (Å²) in [7, 11) is 0. The van der Waals surface area contributed by atoms with Crippen LogP contribution in [0.2, 0.25) is 5.02 Å². The summed E-state index contributed by atoms with van der Waals surface area (Å²) in [5, 5.41) is 15.0. The molecule has 0 saturated heterocycles. The van der Waals surface area contributed by atoms with Crippen molar-refractivity contribution in [1.29, 1.82) is 0 Å². The van der Waals surface area contributed by atoms with Crippen molar-refractivity contribution in [2.75, 3.05) is 5.32 Å². The standard InChI is InChI=1S/C21H16ClF3N2O3/c1-13-2-6-16(22)11-18(13)26-12-14-3-7-17(8-4-14)30-20-9-5-15(21(23,24)25)10-19(20)27(28)29/h2-11,26H,12H2,1H3. The fourth-order valence-corrected chi connectivity index (χ4v) is 2.88. The van der Waals surface area contributed by atoms with Crippen molar-refractivity contribution in [3.05, 3.63) is 92.5 Å². The van der Waals surface area contributed by atoms with E-state index in [0.717, 1.165) is 28.9 Å². The number of ether oxygens (including phenoxy) is 1. The van der Waals surface area contributed by atoms with Crippen molar-refractivity contribution in [2.45, 2.75) is 19.6 Å². The third-order valence-electron chi connectivity index (χ3n) is 4.32. The second-order valence-electron chi connectivity index (χ2n) is 6.50. The van der Waals surface area contributed by atoms with Crippen LogP contribution in [0.25, 0.3) is 0 Å². The van der Waals surface area contributed by atoms with Crippen molar-refractivity contribution in [3.63, 3.8) is 0 Å². The summed E-state index contributed by atoms with van der Waals surface area (Å²) in [5.74, 6) is -0.00558. The number of nitro groups is 1. The zero-order valence-corrected chi connectivity index (χ0v) is 16.4. The minimum absolute atomic E-state index is 0.264. The molecule has 9 heteroatoms. The predicted molar refractivity (Wildman–Crippen MR) is 108 cm³/mol. The lowest BCUT2D eigenvalue weighted by Crippen LogP contribution is -2.06. The van der Waals surface area contributed by atoms with E-state index in [2.05, 4.69) is 5.32 Å². The Morgan fingerprint density at radius 3 is 2.40 bits per heavy atom. The van der Waals surface area contributed by atoms with E-state index in [1.807, 2.05) is 19.1 Å². The molecule has 0 bridgehead atoms. The smallest absolute Gasteiger partial charge is 0.416 e. The Balaban J connectivity index is 1.72. The van der Waals surface area contributed by atoms with E-state index in [1.54, 1.807) is 30.3 Å². The number of nitro benzene ring substituents is 1. The number of hydrogen-bond donors (Lipinski definition) is 1. The highest BCUT2D eigenvalue weighted by Gasteiger charge is 2.33. The lowest BCUT2D eigenvalue weighted by Gasteiger charge is -2.12. The van der Waals surface area contributed by atoms with Gasteiger partial charge < -0.3 is 10.1 Å². The predicted octanol–water partition coefficient (Wildman–Crippen LogP) is 6.98. The van der Waals surface area contributed by atoms with Crippen LogP contribution in [0.15, 0.2) is 60.7 Å². The Morgan fingerprint density at radius 2 is 1.77 bits per heavy atom. The van der Waals surface area contributed by atoms with Gasteiger partial charge in [-0.1, -0.05) is 29.8 Å². The lowest BCUT2D eigenvalue weighted by molar-refractivity contribution is -0.385. The maximum atomic E-state index is 12.8. The molecule has 0 atom stereocenters. The average Bonchev–Trinajstić information content (AvgIpc) is 2.69. The number of hydrogen-bond acceptors (Lipinski definition) is 4. The summed E-state index contributed by atoms with van der Waals surface area (Å²) in [5.41, 5.74) is 0.965. The van der Waals surface area contributed by atoms with Crippen molar-refractivity contribution in [1.82, 2.24) is 0 Å². The molecule has 0 spiro atoms. The number of benzene rings is 3. The molecule has 0 aliphatic rings. The molecule has 0 unspecified atom stereocenters. The number of nitrogens with zero attached hydrogens (tertiary/aromatic N) is 1. The fourth-order valence-electron chi connectivity index (χ4n) is 2.71. The summed E-state index contributed by atoms with van der Waals surface area (Å²) in [6.07, 6.45) is -4.68. The van der Waals surface area contributed by atoms with Crippen LogP contribution in [0.1, 0.15) is 16.7 Å². The molecule has 3 rings (SSSR count). The molecule has 5 nitrogen and oxygen atoms in total. The first-order chi connectivity index (χ1) is 14.1. The molecule has 0 heterocycles. The molecule has 0 aromatic heterocycles. The quantitative estimate of drug-likeness (QED) is 0.334. The van der Waals surface area contributed by atoms with Gasteiger partial charge in [-0.15, -0.1) is 0 Å². The van der Waals surface area contributed by atoms with E-state index in [1.165, 1.54) is 0 Å². The summed E-state index contributed by atoms with van der Waals surface area (Å²) in [6, 6.07) is 14.3. The van der Waals surface area contributed by atoms with Gasteiger partial charge in [-0.3, -0.25) is 10.1 Å². The van der Waals surface area contributed by atoms with Gasteiger partial charge in [0.25, 0.3) is 0 Å². The van der Waals surface area contributed by atoms with Crippen LogP contribution < -0.4 is 10.1 Å². The largest absolute Gasteiger partial charge is 0.450 e. The first-order valence-corrected chi connectivity index (χ1v) is 9.14. The van der Waals surface area contributed by atoms with Crippen LogP contribution in [-0.4, -0.2) is 4.92 Å². The number of anilines is 1. The highest BCUT2D eigenvalue weighted by atomic mass is 35.5. The minimum Gasteiger partial charge on any atom is -0.450 e. The first kappa shape index (κ1) is 21.4. The zero-order chi connectivity index (χ0) is 21.9. The van der Waals surface area contributed by atoms with Crippen LogP contribution in [0.5, 0.6) is 11.5 Å². The van der Waals surface area contributed by atoms with Gasteiger partial charge in [-0.05, 0) is 54.4 Å². The third kappa shape index (κ3) is 5.21. The molecule has 3 aromatic carbocycles. The topological polar surface area (TPSA) is 64.4 Å². The maximum absolute atomic E-state index is 12.8. The molecular formula is C21H16ClF3N2O3. The summed E-state index contributed by atoms with van der Waals surface area (Å²) >= 11 is 6.00. The molecule has 0 saturated carbocycles. The normalized spacial score (nSPS) is 11.2. The molecule has 30 heavy (non-hydrogen) atoms. The lowest BCUT2D eigenvalue weighted by atomic mass is 10.1. The van der Waals surface area contributed by atoms with Crippen molar-refractivity contribution >= 4 is 23.0 Å². The maximum Gasteiger partial charge on any atom is 0.416 e. The molecule has 0 aliphatic heterocycles. The Hall–Kier alpha value is -3.26. The number of rotatable bonds is 6. The minimum atomic E-state index is -4.68. The second kappa shape index (κ2) is 8.62. The molecule has 0 amide bonds. The Morgan fingerprint density at radius 1 is 1.07 bits per heavy atom. The van der Waals surface area contributed by atoms with Gasteiger partial charge in [-0.25, -0.2) is 0 Å². The van der Waals surface area contributed by atoms with Crippen LogP contribution >= 0.6 is 11.6 Å². The highest BCUT2D eigenvalue weighted by molar-refractivity contribution is 6.30. The number of halogens is 4. The molecule has 0 aliphatic carbocycles. The summed E-state index contributed by atoms with van der Waals surface area (Å²) < 4.78 is 43.8. The van der Waals surface area contributed by atoms with Gasteiger partial charge in [0.1, 0.15) is 5.75 Å². The van der Waals surface area contributed by atoms with Gasteiger partial charge in [0, 0.05) is 23.3 Å². The fraction of sp³-hybridized carbons (Fsp3) is 0.143. The first-order valence-electron chi connectivity index (χ1n) is 8.76. The van der Waals surface area contributed by atoms with Gasteiger partial charge >= 0.3 is 11.9 Å². The number of alkyl halides is 3. The Kier molecular flexibility index (Phi) is 6.17. The van der Waals surface area contributed by atoms with Gasteiger partial charge in [0.05, 0.1) is 10.5 Å². The molecular weight excluding hydrogens is 421 g/mol. The van der Waals surface area contributed by atoms with E-state index < -0.39 is 22.4 Å². The van der Waals surface area contributed by atoms with Gasteiger partial charge in [0.15, 0.2) is 0 Å². The van der Waals surface area contributed by atoms with E-state index in [-0.39, 0.29) is 11.5 Å². The third-order valence-corrected chi connectivity index (χ3v) is 4.55. The van der Waals surface area contributed by atoms with E-state index >= 15 is 0 Å². The van der Waals surface area contributed by atoms with E-state index in [4.69, 9.17) is 16.3 Å². The molecule has 0 radical (unpaired) electrons. The monoisotopic (exact) mass is 436 g/mol. The second-order valence-corrected chi connectivity index (χ2v) is 6.93. The Labute approximate surface area is 175 Å². The number of aryl methyl sites for hydroxylation is 1. The van der Waals surface area contributed by atoms with E-state index in [9.17, 15) is 23.3 Å². The van der Waals surface area contributed by atoms with E-state index in [0.29, 0.717) is 17.6 Å². The van der Waals surface area contributed by atoms with Crippen LogP contribution in [0.4, 0.5) is 24.5 Å². The number of nitrogens with one attached hydrogen (secondary N) is 1. The van der Waals surface area contributed by atoms with Crippen LogP contribution in [0, 0.1) is 17.0 Å². The summed E-state index contributed by atoms with van der Waals surface area (Å²) in [4.78, 5) is 10.3. The highest BCUT2D eigenvalue weighted by Crippen LogP contribution is 2.37. The average molecular weight is 437 g/mol. The van der Waals surface area contributed by atoms with Gasteiger partial charge in [-0.2, -0.15) is 13.2 Å². The Bertz CT molecular complexity index is 1070. The van der Waals surface area contributed by atoms with Crippen molar-refractivity contribution in [2.24, 2.45) is 0 Å². The molecule has 156 valence electrons. The molecule has 0 fully saturated rings. The molecule has 3 aromatic rings. The SMILES string of the molecule is Cc1ccc(Cl)cc1NCc1ccc(Oc2ccc(C(F)(F)F)cc2[N+](=O)[O-])cc1. The van der Waals surface area contributed by atoms with Crippen LogP contribution in [-0.2, 0) is 12.7 Å².